The Morgan fingerprint density at radius 1 is 1.11 bits per heavy atom. The third-order valence-electron chi connectivity index (χ3n) is 7.53. The SMILES string of the molecule is COC(=O)N1CCN(Cc2c(C(F)(F)F)ccc3c2CC[C@H]3Oc2ccc3c(c2)OCC3CC(=O)O)CC1. The number of carbonyl (C=O) groups excluding carboxylic acids is 1. The van der Waals surface area contributed by atoms with Crippen LogP contribution in [-0.4, -0.2) is 66.9 Å². The van der Waals surface area contributed by atoms with Crippen molar-refractivity contribution >= 4 is 12.1 Å². The first-order chi connectivity index (χ1) is 18.1. The van der Waals surface area contributed by atoms with Gasteiger partial charge in [0.15, 0.2) is 0 Å². The lowest BCUT2D eigenvalue weighted by Crippen LogP contribution is -2.48. The quantitative estimate of drug-likeness (QED) is 0.579. The van der Waals surface area contributed by atoms with Crippen molar-refractivity contribution in [3.8, 4) is 11.5 Å². The normalized spacial score (nSPS) is 21.0. The number of piperazine rings is 1. The summed E-state index contributed by atoms with van der Waals surface area (Å²) in [5.41, 5.74) is 1.85. The molecule has 2 atom stereocenters. The molecule has 1 unspecified atom stereocenters. The third-order valence-corrected chi connectivity index (χ3v) is 7.53. The Morgan fingerprint density at radius 3 is 2.53 bits per heavy atom. The maximum absolute atomic E-state index is 14.0. The second-order valence-electron chi connectivity index (χ2n) is 9.84. The average Bonchev–Trinajstić information content (AvgIpc) is 3.47. The van der Waals surface area contributed by atoms with Crippen molar-refractivity contribution in [1.82, 2.24) is 9.80 Å². The van der Waals surface area contributed by atoms with E-state index in [9.17, 15) is 22.8 Å². The van der Waals surface area contributed by atoms with E-state index in [1.54, 1.807) is 23.1 Å². The van der Waals surface area contributed by atoms with Crippen LogP contribution in [0.2, 0.25) is 0 Å². The summed E-state index contributed by atoms with van der Waals surface area (Å²) in [6.07, 6.45) is -4.35. The van der Waals surface area contributed by atoms with E-state index in [0.717, 1.165) is 17.2 Å². The van der Waals surface area contributed by atoms with E-state index < -0.39 is 29.9 Å². The number of benzene rings is 2. The zero-order valence-corrected chi connectivity index (χ0v) is 20.9. The van der Waals surface area contributed by atoms with Crippen LogP contribution in [0.1, 0.15) is 52.7 Å². The number of carboxylic acids is 1. The summed E-state index contributed by atoms with van der Waals surface area (Å²) in [7, 11) is 1.31. The molecule has 0 radical (unpaired) electrons. The third kappa shape index (κ3) is 5.24. The van der Waals surface area contributed by atoms with Gasteiger partial charge >= 0.3 is 18.2 Å². The van der Waals surface area contributed by atoms with Crippen molar-refractivity contribution < 1.29 is 42.1 Å². The molecular formula is C27H29F3N2O6. The van der Waals surface area contributed by atoms with Crippen molar-refractivity contribution in [3.05, 3.63) is 58.1 Å². The van der Waals surface area contributed by atoms with Gasteiger partial charge < -0.3 is 24.2 Å². The van der Waals surface area contributed by atoms with Gasteiger partial charge in [0.05, 0.1) is 25.7 Å². The number of carboxylic acid groups (broad SMARTS) is 1. The lowest BCUT2D eigenvalue weighted by molar-refractivity contribution is -0.139. The topological polar surface area (TPSA) is 88.5 Å². The molecule has 0 bridgehead atoms. The highest BCUT2D eigenvalue weighted by atomic mass is 19.4. The van der Waals surface area contributed by atoms with Gasteiger partial charge in [0.1, 0.15) is 17.6 Å². The molecule has 2 aromatic rings. The minimum atomic E-state index is -4.49. The average molecular weight is 535 g/mol. The van der Waals surface area contributed by atoms with E-state index in [0.29, 0.717) is 56.1 Å². The van der Waals surface area contributed by atoms with E-state index in [-0.39, 0.29) is 31.1 Å². The minimum Gasteiger partial charge on any atom is -0.492 e. The predicted octanol–water partition coefficient (Wildman–Crippen LogP) is 4.61. The van der Waals surface area contributed by atoms with Gasteiger partial charge in [-0.3, -0.25) is 9.69 Å². The molecule has 1 aliphatic carbocycles. The largest absolute Gasteiger partial charge is 0.492 e. The van der Waals surface area contributed by atoms with Gasteiger partial charge in [-0.05, 0) is 41.7 Å². The number of aliphatic carboxylic acids is 1. The first-order valence-corrected chi connectivity index (χ1v) is 12.6. The molecule has 38 heavy (non-hydrogen) atoms. The van der Waals surface area contributed by atoms with Crippen LogP contribution in [-0.2, 0) is 28.7 Å². The van der Waals surface area contributed by atoms with Gasteiger partial charge in [-0.15, -0.1) is 0 Å². The fourth-order valence-electron chi connectivity index (χ4n) is 5.62. The number of rotatable bonds is 6. The van der Waals surface area contributed by atoms with Crippen molar-refractivity contribution in [2.24, 2.45) is 0 Å². The summed E-state index contributed by atoms with van der Waals surface area (Å²) in [6.45, 7) is 2.11. The number of methoxy groups -OCH3 is 1. The fraction of sp³-hybridized carbons (Fsp3) is 0.481. The van der Waals surface area contributed by atoms with Crippen molar-refractivity contribution in [1.29, 1.82) is 0 Å². The van der Waals surface area contributed by atoms with Crippen LogP contribution in [0.15, 0.2) is 30.3 Å². The van der Waals surface area contributed by atoms with Gasteiger partial charge in [0, 0.05) is 50.3 Å². The fourth-order valence-corrected chi connectivity index (χ4v) is 5.62. The number of hydrogen-bond acceptors (Lipinski definition) is 6. The molecule has 5 rings (SSSR count). The standard InChI is InChI=1S/C27H29F3N2O6/c1-36-26(35)32-10-8-31(9-11-32)14-21-19-5-7-23(20(19)4-6-22(21)27(28,29)30)38-17-2-3-18-16(12-25(33)34)15-37-24(18)13-17/h2-4,6,13,16,23H,5,7-12,14-15H2,1H3,(H,33,34)/t16?,23-/m1/s1. The lowest BCUT2D eigenvalue weighted by atomic mass is 9.96. The molecule has 1 N–H and O–H groups in total. The van der Waals surface area contributed by atoms with Crippen LogP contribution >= 0.6 is 0 Å². The van der Waals surface area contributed by atoms with Crippen LogP contribution < -0.4 is 9.47 Å². The molecule has 11 heteroatoms. The summed E-state index contributed by atoms with van der Waals surface area (Å²) < 4.78 is 58.6. The minimum absolute atomic E-state index is 0.0226. The van der Waals surface area contributed by atoms with Crippen LogP contribution in [0.5, 0.6) is 11.5 Å². The zero-order chi connectivity index (χ0) is 27.0. The Kier molecular flexibility index (Phi) is 7.13. The Balaban J connectivity index is 1.35. The molecule has 0 aromatic heterocycles. The number of nitrogens with zero attached hydrogens (tertiary/aromatic N) is 2. The Bertz CT molecular complexity index is 1230. The number of carbonyl (C=O) groups is 2. The molecule has 2 aromatic carbocycles. The Morgan fingerprint density at radius 2 is 1.84 bits per heavy atom. The summed E-state index contributed by atoms with van der Waals surface area (Å²) in [4.78, 5) is 26.3. The molecule has 2 aliphatic heterocycles. The summed E-state index contributed by atoms with van der Waals surface area (Å²) in [6, 6.07) is 7.94. The van der Waals surface area contributed by atoms with Gasteiger partial charge in [-0.1, -0.05) is 12.1 Å². The molecule has 2 heterocycles. The second kappa shape index (κ2) is 10.4. The molecule has 1 fully saturated rings. The van der Waals surface area contributed by atoms with Crippen LogP contribution in [0.25, 0.3) is 0 Å². The molecule has 204 valence electrons. The van der Waals surface area contributed by atoms with E-state index in [1.807, 2.05) is 4.90 Å². The molecule has 3 aliphatic rings. The molecule has 1 saturated heterocycles. The highest BCUT2D eigenvalue weighted by Crippen LogP contribution is 2.44. The van der Waals surface area contributed by atoms with Crippen LogP contribution in [0.3, 0.4) is 0 Å². The highest BCUT2D eigenvalue weighted by molar-refractivity contribution is 5.69. The molecular weight excluding hydrogens is 505 g/mol. The first kappa shape index (κ1) is 26.1. The lowest BCUT2D eigenvalue weighted by Gasteiger charge is -2.34. The maximum atomic E-state index is 14.0. The number of fused-ring (bicyclic) bond motifs is 2. The van der Waals surface area contributed by atoms with Crippen LogP contribution in [0.4, 0.5) is 18.0 Å². The van der Waals surface area contributed by atoms with E-state index in [2.05, 4.69) is 0 Å². The van der Waals surface area contributed by atoms with Crippen molar-refractivity contribution in [2.45, 2.75) is 44.0 Å². The number of ether oxygens (including phenoxy) is 3. The van der Waals surface area contributed by atoms with E-state index >= 15 is 0 Å². The summed E-state index contributed by atoms with van der Waals surface area (Å²) in [5.74, 6) is -0.0144. The number of amides is 1. The van der Waals surface area contributed by atoms with Crippen molar-refractivity contribution in [3.63, 3.8) is 0 Å². The van der Waals surface area contributed by atoms with Gasteiger partial charge in [0.25, 0.3) is 0 Å². The Labute approximate surface area is 217 Å². The summed E-state index contributed by atoms with van der Waals surface area (Å²) >= 11 is 0. The van der Waals surface area contributed by atoms with E-state index in [1.165, 1.54) is 13.2 Å². The number of halogens is 3. The molecule has 0 saturated carbocycles. The molecule has 1 amide bonds. The number of hydrogen-bond donors (Lipinski definition) is 1. The van der Waals surface area contributed by atoms with Crippen LogP contribution in [0, 0.1) is 0 Å². The van der Waals surface area contributed by atoms with Gasteiger partial charge in [-0.2, -0.15) is 13.2 Å². The summed E-state index contributed by atoms with van der Waals surface area (Å²) in [5, 5.41) is 9.10. The first-order valence-electron chi connectivity index (χ1n) is 12.6. The highest BCUT2D eigenvalue weighted by Gasteiger charge is 2.38. The predicted molar refractivity (Wildman–Crippen MR) is 129 cm³/mol. The zero-order valence-electron chi connectivity index (χ0n) is 20.9. The monoisotopic (exact) mass is 534 g/mol. The second-order valence-corrected chi connectivity index (χ2v) is 9.84. The smallest absolute Gasteiger partial charge is 0.416 e. The Hall–Kier alpha value is -3.47. The maximum Gasteiger partial charge on any atom is 0.416 e. The molecule has 0 spiro atoms. The van der Waals surface area contributed by atoms with E-state index in [4.69, 9.17) is 19.3 Å². The van der Waals surface area contributed by atoms with Gasteiger partial charge in [-0.25, -0.2) is 4.79 Å². The van der Waals surface area contributed by atoms with Crippen molar-refractivity contribution in [2.75, 3.05) is 39.9 Å². The molecule has 8 nitrogen and oxygen atoms in total. The number of alkyl halides is 3. The van der Waals surface area contributed by atoms with Gasteiger partial charge in [0.2, 0.25) is 0 Å².